The molecule has 0 unspecified atom stereocenters. The maximum atomic E-state index is 13.6. The second-order valence-electron chi connectivity index (χ2n) is 11.0. The molecule has 0 aromatic heterocycles. The van der Waals surface area contributed by atoms with E-state index in [4.69, 9.17) is 23.7 Å². The van der Waals surface area contributed by atoms with Crippen LogP contribution < -0.4 is 4.74 Å². The van der Waals surface area contributed by atoms with Crippen molar-refractivity contribution in [1.29, 1.82) is 0 Å². The first kappa shape index (κ1) is 29.5. The fraction of sp³-hybridized carbons (Fsp3) is 0.314. The van der Waals surface area contributed by atoms with Crippen LogP contribution in [0, 0.1) is 5.92 Å². The Bertz CT molecular complexity index is 1580. The first-order chi connectivity index (χ1) is 21.0. The van der Waals surface area contributed by atoms with Crippen LogP contribution in [0.15, 0.2) is 114 Å². The van der Waals surface area contributed by atoms with E-state index in [0.717, 1.165) is 16.7 Å². The molecule has 0 spiro atoms. The lowest BCUT2D eigenvalue weighted by Crippen LogP contribution is -2.57. The quantitative estimate of drug-likeness (QED) is 0.211. The van der Waals surface area contributed by atoms with Crippen molar-refractivity contribution in [1.82, 2.24) is 0 Å². The monoisotopic (exact) mass is 600 g/mol. The Kier molecular flexibility index (Phi) is 9.21. The molecule has 4 aromatic rings. The Morgan fingerprint density at radius 2 is 1.28 bits per heavy atom. The molecule has 0 amide bonds. The highest BCUT2D eigenvalue weighted by atomic mass is 32.2. The normalized spacial score (nSPS) is 24.1. The molecule has 2 aliphatic heterocycles. The first-order valence-corrected chi connectivity index (χ1v) is 16.2. The minimum absolute atomic E-state index is 0.112. The van der Waals surface area contributed by atoms with Gasteiger partial charge in [-0.05, 0) is 34.9 Å². The molecule has 2 aliphatic rings. The summed E-state index contributed by atoms with van der Waals surface area (Å²) in [4.78, 5) is 0.268. The molecular weight excluding hydrogens is 564 g/mol. The Labute approximate surface area is 253 Å². The molecule has 8 heteroatoms. The smallest absolute Gasteiger partial charge is 0.179 e. The van der Waals surface area contributed by atoms with Crippen molar-refractivity contribution in [3.63, 3.8) is 0 Å². The molecule has 4 aromatic carbocycles. The van der Waals surface area contributed by atoms with Gasteiger partial charge < -0.3 is 23.7 Å². The zero-order chi connectivity index (χ0) is 29.6. The zero-order valence-electron chi connectivity index (χ0n) is 24.1. The highest BCUT2D eigenvalue weighted by Gasteiger charge is 2.53. The van der Waals surface area contributed by atoms with E-state index in [1.165, 1.54) is 0 Å². The topological polar surface area (TPSA) is 80.3 Å². The zero-order valence-corrected chi connectivity index (χ0v) is 24.9. The van der Waals surface area contributed by atoms with Crippen LogP contribution in [0.2, 0.25) is 0 Å². The number of methoxy groups -OCH3 is 1. The number of fused-ring (bicyclic) bond motifs is 3. The van der Waals surface area contributed by atoms with Crippen molar-refractivity contribution in [2.24, 2.45) is 5.92 Å². The number of rotatable bonds is 11. The number of benzene rings is 4. The van der Waals surface area contributed by atoms with E-state index in [2.05, 4.69) is 0 Å². The van der Waals surface area contributed by atoms with Gasteiger partial charge in [0.25, 0.3) is 0 Å². The lowest BCUT2D eigenvalue weighted by atomic mass is 9.83. The standard InChI is InChI=1S/C35H36O7S/c1-38-28-17-18-32-29(19-28)33-30(24-43(32,36)37)34(40-21-26-13-7-3-8-14-26)35(41-22-27-15-9-4-10-16-27)31(42-33)23-39-20-25-11-5-2-6-12-25/h2-19,30-31,33-35H,20-24H2,1H3/t30-,31+,33+,34+,35+/m0/s1. The molecule has 2 heterocycles. The summed E-state index contributed by atoms with van der Waals surface area (Å²) in [5.41, 5.74) is 3.62. The van der Waals surface area contributed by atoms with Crippen molar-refractivity contribution < 1.29 is 32.1 Å². The summed E-state index contributed by atoms with van der Waals surface area (Å²) in [5.74, 6) is -0.0436. The van der Waals surface area contributed by atoms with Gasteiger partial charge in [-0.2, -0.15) is 0 Å². The number of hydrogen-bond donors (Lipinski definition) is 0. The van der Waals surface area contributed by atoms with Gasteiger partial charge in [0.2, 0.25) is 0 Å². The van der Waals surface area contributed by atoms with Crippen LogP contribution in [-0.4, -0.2) is 46.2 Å². The van der Waals surface area contributed by atoms with Crippen molar-refractivity contribution in [3.8, 4) is 5.75 Å². The van der Waals surface area contributed by atoms with Crippen LogP contribution in [0.3, 0.4) is 0 Å². The van der Waals surface area contributed by atoms with Gasteiger partial charge in [0, 0.05) is 11.5 Å². The van der Waals surface area contributed by atoms with Gasteiger partial charge in [0.05, 0.1) is 56.4 Å². The largest absolute Gasteiger partial charge is 0.497 e. The van der Waals surface area contributed by atoms with E-state index < -0.39 is 40.2 Å². The van der Waals surface area contributed by atoms with Crippen LogP contribution in [0.1, 0.15) is 28.4 Å². The Balaban J connectivity index is 1.35. The van der Waals surface area contributed by atoms with Crippen LogP contribution in [0.4, 0.5) is 0 Å². The highest BCUT2D eigenvalue weighted by Crippen LogP contribution is 2.47. The molecule has 6 rings (SSSR count). The third-order valence-electron chi connectivity index (χ3n) is 8.06. The minimum atomic E-state index is -3.62. The minimum Gasteiger partial charge on any atom is -0.497 e. The third-order valence-corrected chi connectivity index (χ3v) is 9.92. The van der Waals surface area contributed by atoms with Crippen LogP contribution in [-0.2, 0) is 48.6 Å². The summed E-state index contributed by atoms with van der Waals surface area (Å²) in [5, 5.41) is 0. The van der Waals surface area contributed by atoms with Gasteiger partial charge in [-0.3, -0.25) is 0 Å². The summed E-state index contributed by atoms with van der Waals surface area (Å²) in [6.45, 7) is 1.29. The van der Waals surface area contributed by atoms with Crippen molar-refractivity contribution in [3.05, 3.63) is 131 Å². The molecule has 1 fully saturated rings. The third kappa shape index (κ3) is 6.84. The van der Waals surface area contributed by atoms with Gasteiger partial charge >= 0.3 is 0 Å². The summed E-state index contributed by atoms with van der Waals surface area (Å²) in [6.07, 6.45) is -2.23. The van der Waals surface area contributed by atoms with Gasteiger partial charge in [-0.1, -0.05) is 91.0 Å². The van der Waals surface area contributed by atoms with E-state index in [-0.39, 0.29) is 17.3 Å². The average molecular weight is 601 g/mol. The second-order valence-corrected chi connectivity index (χ2v) is 13.0. The predicted molar refractivity (Wildman–Crippen MR) is 162 cm³/mol. The van der Waals surface area contributed by atoms with Crippen LogP contribution in [0.25, 0.3) is 0 Å². The van der Waals surface area contributed by atoms with Crippen molar-refractivity contribution >= 4 is 9.84 Å². The molecule has 1 saturated heterocycles. The number of sulfone groups is 1. The summed E-state index contributed by atoms with van der Waals surface area (Å²) < 4.78 is 58.9. The molecule has 5 atom stereocenters. The molecule has 0 bridgehead atoms. The van der Waals surface area contributed by atoms with Gasteiger partial charge in [0.1, 0.15) is 18.0 Å². The summed E-state index contributed by atoms with van der Waals surface area (Å²) in [7, 11) is -2.05. The van der Waals surface area contributed by atoms with E-state index in [1.54, 1.807) is 25.3 Å². The Morgan fingerprint density at radius 3 is 1.86 bits per heavy atom. The SMILES string of the molecule is COc1ccc2c(c1)[C@H]1O[C@H](COCc3ccccc3)[C@@H](OCc3ccccc3)[C@H](OCc3ccccc3)[C@H]1CS2(=O)=O. The first-order valence-electron chi connectivity index (χ1n) is 14.5. The molecule has 43 heavy (non-hydrogen) atoms. The molecule has 0 aliphatic carbocycles. The Hall–Kier alpha value is -3.53. The van der Waals surface area contributed by atoms with Crippen LogP contribution in [0.5, 0.6) is 5.75 Å². The summed E-state index contributed by atoms with van der Waals surface area (Å²) in [6, 6.07) is 34.8. The van der Waals surface area contributed by atoms with Gasteiger partial charge in [0.15, 0.2) is 9.84 Å². The second kappa shape index (κ2) is 13.4. The van der Waals surface area contributed by atoms with E-state index in [0.29, 0.717) is 31.1 Å². The molecule has 0 N–H and O–H groups in total. The Morgan fingerprint density at radius 1 is 0.721 bits per heavy atom. The predicted octanol–water partition coefficient (Wildman–Crippen LogP) is 5.93. The number of hydrogen-bond acceptors (Lipinski definition) is 7. The molecule has 7 nitrogen and oxygen atoms in total. The lowest BCUT2D eigenvalue weighted by Gasteiger charge is -2.48. The van der Waals surface area contributed by atoms with Gasteiger partial charge in [-0.15, -0.1) is 0 Å². The van der Waals surface area contributed by atoms with Crippen LogP contribution >= 0.6 is 0 Å². The van der Waals surface area contributed by atoms with E-state index >= 15 is 0 Å². The molecule has 0 saturated carbocycles. The van der Waals surface area contributed by atoms with Crippen molar-refractivity contribution in [2.45, 2.75) is 49.1 Å². The summed E-state index contributed by atoms with van der Waals surface area (Å²) >= 11 is 0. The lowest BCUT2D eigenvalue weighted by molar-refractivity contribution is -0.245. The molecule has 224 valence electrons. The molecule has 0 radical (unpaired) electrons. The van der Waals surface area contributed by atoms with Crippen molar-refractivity contribution in [2.75, 3.05) is 19.5 Å². The average Bonchev–Trinajstić information content (AvgIpc) is 3.04. The number of ether oxygens (including phenoxy) is 5. The molecular formula is C35H36O7S. The maximum Gasteiger partial charge on any atom is 0.179 e. The highest BCUT2D eigenvalue weighted by molar-refractivity contribution is 7.91. The fourth-order valence-corrected chi connectivity index (χ4v) is 7.80. The van der Waals surface area contributed by atoms with E-state index in [9.17, 15) is 8.42 Å². The fourth-order valence-electron chi connectivity index (χ4n) is 5.94. The van der Waals surface area contributed by atoms with E-state index in [1.807, 2.05) is 91.0 Å². The maximum absolute atomic E-state index is 13.6. The van der Waals surface area contributed by atoms with Gasteiger partial charge in [-0.25, -0.2) is 8.42 Å².